The number of unbranched alkanes of at least 4 members (excludes halogenated alkanes) is 2. The molecule has 0 rings (SSSR count). The molecule has 1 radical (unpaired) electrons. The summed E-state index contributed by atoms with van der Waals surface area (Å²) >= 11 is 0. The summed E-state index contributed by atoms with van der Waals surface area (Å²) in [6.45, 7) is 6.87. The largest absolute Gasteiger partial charge is 0.328 e. The van der Waals surface area contributed by atoms with Crippen molar-refractivity contribution in [2.75, 3.05) is 20.1 Å². The summed E-state index contributed by atoms with van der Waals surface area (Å²) in [7, 11) is 2.19. The molecule has 0 aliphatic carbocycles. The fourth-order valence-electron chi connectivity index (χ4n) is 1.01. The van der Waals surface area contributed by atoms with E-state index in [1.807, 2.05) is 0 Å². The normalized spacial score (nSPS) is 9.82. The fourth-order valence-corrected chi connectivity index (χ4v) is 1.01. The van der Waals surface area contributed by atoms with Crippen molar-refractivity contribution in [2.45, 2.75) is 33.1 Å². The molecule has 0 unspecified atom stereocenters. The van der Waals surface area contributed by atoms with Crippen LogP contribution < -0.4 is 0 Å². The molecular formula is C9H20NRe-. The van der Waals surface area contributed by atoms with Gasteiger partial charge in [0, 0.05) is 20.4 Å². The van der Waals surface area contributed by atoms with Crippen LogP contribution >= 0.6 is 0 Å². The first-order valence-electron chi connectivity index (χ1n) is 4.31. The Morgan fingerprint density at radius 1 is 1.18 bits per heavy atom. The summed E-state index contributed by atoms with van der Waals surface area (Å²) in [5.74, 6) is 0. The van der Waals surface area contributed by atoms with Gasteiger partial charge < -0.3 is 11.3 Å². The molecule has 11 heavy (non-hydrogen) atoms. The summed E-state index contributed by atoms with van der Waals surface area (Å²) in [6, 6.07) is 0. The van der Waals surface area contributed by atoms with Gasteiger partial charge >= 0.3 is 0 Å². The summed E-state index contributed by atoms with van der Waals surface area (Å²) in [5, 5.41) is 0. The van der Waals surface area contributed by atoms with Crippen molar-refractivity contribution in [1.82, 2.24) is 4.90 Å². The molecular weight excluding hydrogens is 308 g/mol. The maximum absolute atomic E-state index is 2.38. The minimum Gasteiger partial charge on any atom is -0.328 e. The van der Waals surface area contributed by atoms with Crippen molar-refractivity contribution < 1.29 is 20.4 Å². The van der Waals surface area contributed by atoms with E-state index in [1.165, 1.54) is 32.4 Å². The molecule has 0 aliphatic heterocycles. The van der Waals surface area contributed by atoms with Crippen molar-refractivity contribution >= 4 is 0 Å². The zero-order valence-electron chi connectivity index (χ0n) is 7.94. The van der Waals surface area contributed by atoms with Crippen LogP contribution in [0, 0.1) is 6.42 Å². The first-order chi connectivity index (χ1) is 4.81. The second-order valence-corrected chi connectivity index (χ2v) is 2.79. The van der Waals surface area contributed by atoms with Gasteiger partial charge in [0.05, 0.1) is 0 Å². The molecule has 0 N–H and O–H groups in total. The van der Waals surface area contributed by atoms with Crippen LogP contribution in [0.4, 0.5) is 0 Å². The molecule has 0 aromatic heterocycles. The van der Waals surface area contributed by atoms with Gasteiger partial charge in [0.15, 0.2) is 0 Å². The second-order valence-electron chi connectivity index (χ2n) is 2.79. The van der Waals surface area contributed by atoms with E-state index in [2.05, 4.69) is 32.2 Å². The number of hydrogen-bond donors (Lipinski definition) is 0. The Morgan fingerprint density at radius 3 is 2.27 bits per heavy atom. The molecule has 0 aromatic rings. The predicted octanol–water partition coefficient (Wildman–Crippen LogP) is 2.33. The maximum atomic E-state index is 2.38. The third-order valence-electron chi connectivity index (χ3n) is 1.61. The standard InChI is InChI=1S/C9H20N.Re/c1-4-6-7-9-10(3)8-5-2;/h6H,4-5,7-9H2,1-3H3;/q-1;. The molecule has 0 atom stereocenters. The van der Waals surface area contributed by atoms with Gasteiger partial charge in [-0.1, -0.05) is 13.8 Å². The van der Waals surface area contributed by atoms with E-state index in [4.69, 9.17) is 0 Å². The Hall–Kier alpha value is 0.622. The van der Waals surface area contributed by atoms with E-state index in [-0.39, 0.29) is 20.4 Å². The Morgan fingerprint density at radius 2 is 1.82 bits per heavy atom. The average molecular weight is 328 g/mol. The molecule has 0 spiro atoms. The molecule has 1 nitrogen and oxygen atoms in total. The SMILES string of the molecule is CC[CH-]CCN(C)CCC.[Re]. The molecule has 0 saturated heterocycles. The average Bonchev–Trinajstić information content (AvgIpc) is 1.89. The Balaban J connectivity index is 0. The molecule has 0 aliphatic rings. The van der Waals surface area contributed by atoms with Gasteiger partial charge in [-0.2, -0.15) is 12.8 Å². The Bertz CT molecular complexity index is 66.6. The fraction of sp³-hybridized carbons (Fsp3) is 0.889. The van der Waals surface area contributed by atoms with Crippen LogP contribution in [0.3, 0.4) is 0 Å². The van der Waals surface area contributed by atoms with Crippen molar-refractivity contribution in [3.63, 3.8) is 0 Å². The van der Waals surface area contributed by atoms with E-state index < -0.39 is 0 Å². The summed E-state index contributed by atoms with van der Waals surface area (Å²) < 4.78 is 0. The van der Waals surface area contributed by atoms with Crippen LogP contribution in [0.15, 0.2) is 0 Å². The topological polar surface area (TPSA) is 3.24 Å². The smallest absolute Gasteiger partial charge is 0 e. The van der Waals surface area contributed by atoms with E-state index in [9.17, 15) is 0 Å². The van der Waals surface area contributed by atoms with Crippen LogP contribution in [0.2, 0.25) is 0 Å². The molecule has 0 aromatic carbocycles. The van der Waals surface area contributed by atoms with Gasteiger partial charge in [0.1, 0.15) is 0 Å². The van der Waals surface area contributed by atoms with Gasteiger partial charge in [-0.05, 0) is 26.6 Å². The van der Waals surface area contributed by atoms with Crippen molar-refractivity contribution in [1.29, 1.82) is 0 Å². The van der Waals surface area contributed by atoms with Gasteiger partial charge in [-0.15, -0.1) is 0 Å². The number of rotatable bonds is 6. The van der Waals surface area contributed by atoms with E-state index in [0.29, 0.717) is 0 Å². The first kappa shape index (κ1) is 14.2. The molecule has 0 bridgehead atoms. The van der Waals surface area contributed by atoms with Gasteiger partial charge in [0.25, 0.3) is 0 Å². The Labute approximate surface area is 85.2 Å². The summed E-state index contributed by atoms with van der Waals surface area (Å²) in [5.41, 5.74) is 0. The molecule has 0 amide bonds. The predicted molar refractivity (Wildman–Crippen MR) is 47.0 cm³/mol. The zero-order chi connectivity index (χ0) is 7.82. The van der Waals surface area contributed by atoms with Crippen molar-refractivity contribution in [3.05, 3.63) is 6.42 Å². The number of hydrogen-bond acceptors (Lipinski definition) is 1. The van der Waals surface area contributed by atoms with Crippen LogP contribution in [-0.2, 0) is 20.4 Å². The number of nitrogens with zero attached hydrogens (tertiary/aromatic N) is 1. The van der Waals surface area contributed by atoms with Crippen LogP contribution in [-0.4, -0.2) is 25.0 Å². The molecule has 0 heterocycles. The molecule has 2 heteroatoms. The Kier molecular flexibility index (Phi) is 13.7. The van der Waals surface area contributed by atoms with E-state index in [0.717, 1.165) is 0 Å². The van der Waals surface area contributed by atoms with Gasteiger partial charge in [0.2, 0.25) is 0 Å². The second kappa shape index (κ2) is 10.6. The minimum absolute atomic E-state index is 0. The minimum atomic E-state index is 0. The summed E-state index contributed by atoms with van der Waals surface area (Å²) in [4.78, 5) is 2.38. The van der Waals surface area contributed by atoms with E-state index in [1.54, 1.807) is 0 Å². The van der Waals surface area contributed by atoms with Crippen molar-refractivity contribution in [2.24, 2.45) is 0 Å². The third kappa shape index (κ3) is 10.6. The van der Waals surface area contributed by atoms with Gasteiger partial charge in [-0.25, -0.2) is 0 Å². The van der Waals surface area contributed by atoms with Crippen LogP contribution in [0.25, 0.3) is 0 Å². The first-order valence-corrected chi connectivity index (χ1v) is 4.31. The van der Waals surface area contributed by atoms with E-state index >= 15 is 0 Å². The van der Waals surface area contributed by atoms with Crippen LogP contribution in [0.1, 0.15) is 33.1 Å². The van der Waals surface area contributed by atoms with Crippen LogP contribution in [0.5, 0.6) is 0 Å². The monoisotopic (exact) mass is 329 g/mol. The molecule has 69 valence electrons. The quantitative estimate of drug-likeness (QED) is 0.534. The molecule has 0 saturated carbocycles. The molecule has 0 fully saturated rings. The third-order valence-corrected chi connectivity index (χ3v) is 1.61. The zero-order valence-corrected chi connectivity index (χ0v) is 10.7. The van der Waals surface area contributed by atoms with Crippen molar-refractivity contribution in [3.8, 4) is 0 Å². The van der Waals surface area contributed by atoms with Gasteiger partial charge in [-0.3, -0.25) is 0 Å². The summed E-state index contributed by atoms with van der Waals surface area (Å²) in [6.07, 6.45) is 6.06. The maximum Gasteiger partial charge on any atom is 0 e.